The number of aromatic carboxylic acids is 1. The van der Waals surface area contributed by atoms with E-state index in [1.807, 2.05) is 6.92 Å². The monoisotopic (exact) mass is 443 g/mol. The Morgan fingerprint density at radius 1 is 1.34 bits per heavy atom. The summed E-state index contributed by atoms with van der Waals surface area (Å²) in [5, 5.41) is 12.2. The molecule has 0 bridgehead atoms. The van der Waals surface area contributed by atoms with E-state index in [0.29, 0.717) is 11.5 Å². The molecule has 2 N–H and O–H groups in total. The lowest BCUT2D eigenvalue weighted by Crippen LogP contribution is -2.54. The zero-order valence-electron chi connectivity index (χ0n) is 18.5. The molecule has 1 fully saturated rings. The number of fused-ring (bicyclic) bond motifs is 1. The zero-order chi connectivity index (χ0) is 23.2. The summed E-state index contributed by atoms with van der Waals surface area (Å²) >= 11 is 0. The Hall–Kier alpha value is -3.43. The second-order valence-electron chi connectivity index (χ2n) is 8.19. The number of carboxylic acids is 1. The van der Waals surface area contributed by atoms with E-state index in [1.165, 1.54) is 14.0 Å². The van der Waals surface area contributed by atoms with Gasteiger partial charge in [-0.15, -0.1) is 0 Å². The minimum atomic E-state index is -1.38. The summed E-state index contributed by atoms with van der Waals surface area (Å²) in [6.07, 6.45) is 5.76. The number of carboxylic acid groups (broad SMARTS) is 1. The second-order valence-corrected chi connectivity index (χ2v) is 8.19. The van der Waals surface area contributed by atoms with E-state index in [1.54, 1.807) is 18.1 Å². The highest BCUT2D eigenvalue weighted by Crippen LogP contribution is 2.40. The number of ether oxygens (including phenoxy) is 1. The van der Waals surface area contributed by atoms with Crippen molar-refractivity contribution in [2.24, 2.45) is 0 Å². The van der Waals surface area contributed by atoms with E-state index in [-0.39, 0.29) is 40.9 Å². The molecule has 0 saturated heterocycles. The van der Waals surface area contributed by atoms with Gasteiger partial charge in [0.25, 0.3) is 0 Å². The van der Waals surface area contributed by atoms with Gasteiger partial charge in [-0.25, -0.2) is 14.2 Å². The minimum Gasteiger partial charge on any atom is -0.495 e. The lowest BCUT2D eigenvalue weighted by Gasteiger charge is -2.42. The molecule has 2 heterocycles. The zero-order valence-corrected chi connectivity index (χ0v) is 18.5. The Kier molecular flexibility index (Phi) is 5.62. The number of aromatic nitrogens is 2. The molecule has 0 spiro atoms. The highest BCUT2D eigenvalue weighted by molar-refractivity contribution is 6.04. The number of nitrogens with zero attached hydrogens (tertiary/aromatic N) is 4. The van der Waals surface area contributed by atoms with Crippen molar-refractivity contribution in [2.45, 2.75) is 51.6 Å². The molecular formula is C22H26FN5O4. The van der Waals surface area contributed by atoms with Gasteiger partial charge < -0.3 is 25.0 Å². The molecule has 2 aliphatic rings. The number of likely N-dealkylation sites (N-methyl/N-ethyl adjacent to an activating group) is 1. The van der Waals surface area contributed by atoms with E-state index in [2.05, 4.69) is 20.2 Å². The third kappa shape index (κ3) is 3.49. The van der Waals surface area contributed by atoms with Gasteiger partial charge in [-0.1, -0.05) is 12.8 Å². The average molecular weight is 443 g/mol. The van der Waals surface area contributed by atoms with Crippen molar-refractivity contribution in [3.05, 3.63) is 29.2 Å². The first kappa shape index (κ1) is 21.8. The van der Waals surface area contributed by atoms with Gasteiger partial charge in [0.2, 0.25) is 11.9 Å². The van der Waals surface area contributed by atoms with Crippen molar-refractivity contribution >= 4 is 35.0 Å². The van der Waals surface area contributed by atoms with Crippen LogP contribution >= 0.6 is 0 Å². The van der Waals surface area contributed by atoms with Crippen LogP contribution in [0.2, 0.25) is 0 Å². The van der Waals surface area contributed by atoms with Crippen molar-refractivity contribution in [3.63, 3.8) is 0 Å². The standard InChI is InChI=1S/C22H26FN5O4/c1-11-17(23)14(21(30)31)9-16(32-4)18(11)25-22-24-10-15-19(26-22)28(13-7-5-6-8-13)12(2)20(29)27(15)3/h9-10,12-13H,5-8H2,1-4H3,(H,30,31)(H,24,25,26)/t12-/m1/s1. The van der Waals surface area contributed by atoms with Gasteiger partial charge in [0.15, 0.2) is 5.82 Å². The summed E-state index contributed by atoms with van der Waals surface area (Å²) in [7, 11) is 3.08. The summed E-state index contributed by atoms with van der Waals surface area (Å²) < 4.78 is 19.9. The number of halogens is 1. The van der Waals surface area contributed by atoms with Gasteiger partial charge in [0, 0.05) is 18.7 Å². The summed E-state index contributed by atoms with van der Waals surface area (Å²) in [5.74, 6) is -1.25. The average Bonchev–Trinajstić information content (AvgIpc) is 3.30. The van der Waals surface area contributed by atoms with Crippen LogP contribution in [0.1, 0.15) is 48.5 Å². The predicted molar refractivity (Wildman–Crippen MR) is 118 cm³/mol. The maximum absolute atomic E-state index is 14.6. The maximum atomic E-state index is 14.6. The van der Waals surface area contributed by atoms with Crippen LogP contribution in [-0.4, -0.2) is 53.2 Å². The fraction of sp³-hybridized carbons (Fsp3) is 0.455. The lowest BCUT2D eigenvalue weighted by molar-refractivity contribution is -0.119. The summed E-state index contributed by atoms with van der Waals surface area (Å²) in [6, 6.07) is 0.986. The molecule has 9 nitrogen and oxygen atoms in total. The molecular weight excluding hydrogens is 417 g/mol. The molecule has 32 heavy (non-hydrogen) atoms. The van der Waals surface area contributed by atoms with Gasteiger partial charge >= 0.3 is 5.97 Å². The van der Waals surface area contributed by atoms with Gasteiger partial charge in [-0.05, 0) is 32.8 Å². The fourth-order valence-corrected chi connectivity index (χ4v) is 4.57. The van der Waals surface area contributed by atoms with E-state index < -0.39 is 17.3 Å². The summed E-state index contributed by atoms with van der Waals surface area (Å²) in [4.78, 5) is 36.8. The highest BCUT2D eigenvalue weighted by Gasteiger charge is 2.39. The highest BCUT2D eigenvalue weighted by atomic mass is 19.1. The number of hydrogen-bond acceptors (Lipinski definition) is 7. The Morgan fingerprint density at radius 3 is 2.66 bits per heavy atom. The first-order valence-electron chi connectivity index (χ1n) is 10.5. The van der Waals surface area contributed by atoms with Crippen molar-refractivity contribution < 1.29 is 23.8 Å². The fourth-order valence-electron chi connectivity index (χ4n) is 4.57. The molecule has 0 unspecified atom stereocenters. The van der Waals surface area contributed by atoms with Crippen LogP contribution in [0.15, 0.2) is 12.3 Å². The lowest BCUT2D eigenvalue weighted by atomic mass is 10.1. The quantitative estimate of drug-likeness (QED) is 0.723. The van der Waals surface area contributed by atoms with Crippen molar-refractivity contribution in [1.29, 1.82) is 0 Å². The number of amides is 1. The second kappa shape index (κ2) is 8.25. The number of anilines is 4. The number of benzene rings is 1. The molecule has 1 aromatic carbocycles. The molecule has 1 aliphatic carbocycles. The van der Waals surface area contributed by atoms with Crippen molar-refractivity contribution in [3.8, 4) is 5.75 Å². The maximum Gasteiger partial charge on any atom is 0.338 e. The van der Waals surface area contributed by atoms with Crippen molar-refractivity contribution in [1.82, 2.24) is 9.97 Å². The summed E-state index contributed by atoms with van der Waals surface area (Å²) in [5.41, 5.74) is 0.464. The number of methoxy groups -OCH3 is 1. The van der Waals surface area contributed by atoms with E-state index >= 15 is 0 Å². The Labute approximate surface area is 185 Å². The summed E-state index contributed by atoms with van der Waals surface area (Å²) in [6.45, 7) is 3.34. The molecule has 2 aromatic rings. The largest absolute Gasteiger partial charge is 0.495 e. The molecule has 1 atom stereocenters. The molecule has 1 amide bonds. The van der Waals surface area contributed by atoms with Gasteiger partial charge in [0.1, 0.15) is 23.3 Å². The third-order valence-electron chi connectivity index (χ3n) is 6.33. The Bertz CT molecular complexity index is 1090. The first-order valence-corrected chi connectivity index (χ1v) is 10.5. The van der Waals surface area contributed by atoms with Crippen LogP contribution < -0.4 is 19.9 Å². The predicted octanol–water partition coefficient (Wildman–Crippen LogP) is 3.49. The molecule has 1 aliphatic heterocycles. The number of carbonyl (C=O) groups is 2. The molecule has 170 valence electrons. The van der Waals surface area contributed by atoms with Crippen LogP contribution in [-0.2, 0) is 4.79 Å². The molecule has 1 aromatic heterocycles. The SMILES string of the molecule is COc1cc(C(=O)O)c(F)c(C)c1Nc1ncc2c(n1)N(C1CCCC1)[C@H](C)C(=O)N2C. The van der Waals surface area contributed by atoms with Crippen LogP contribution in [0, 0.1) is 12.7 Å². The van der Waals surface area contributed by atoms with E-state index in [9.17, 15) is 19.1 Å². The topological polar surface area (TPSA) is 108 Å². The third-order valence-corrected chi connectivity index (χ3v) is 6.33. The molecule has 0 radical (unpaired) electrons. The number of nitrogens with one attached hydrogen (secondary N) is 1. The Balaban J connectivity index is 1.77. The van der Waals surface area contributed by atoms with E-state index in [4.69, 9.17) is 4.74 Å². The first-order chi connectivity index (χ1) is 15.2. The minimum absolute atomic E-state index is 0.0162. The molecule has 1 saturated carbocycles. The smallest absolute Gasteiger partial charge is 0.338 e. The van der Waals surface area contributed by atoms with Gasteiger partial charge in [-0.2, -0.15) is 4.98 Å². The van der Waals surface area contributed by atoms with Crippen LogP contribution in [0.5, 0.6) is 5.75 Å². The van der Waals surface area contributed by atoms with Crippen molar-refractivity contribution in [2.75, 3.05) is 29.3 Å². The van der Waals surface area contributed by atoms with Gasteiger partial charge in [0.05, 0.1) is 24.6 Å². The Morgan fingerprint density at radius 2 is 2.03 bits per heavy atom. The van der Waals surface area contributed by atoms with Crippen LogP contribution in [0.3, 0.4) is 0 Å². The van der Waals surface area contributed by atoms with Crippen LogP contribution in [0.4, 0.5) is 27.5 Å². The number of rotatable bonds is 5. The normalized spacial score (nSPS) is 18.7. The van der Waals surface area contributed by atoms with Crippen LogP contribution in [0.25, 0.3) is 0 Å². The molecule has 10 heteroatoms. The number of hydrogen-bond donors (Lipinski definition) is 2. The van der Waals surface area contributed by atoms with Gasteiger partial charge in [-0.3, -0.25) is 4.79 Å². The van der Waals surface area contributed by atoms with E-state index in [0.717, 1.165) is 31.7 Å². The molecule has 4 rings (SSSR count). The number of carbonyl (C=O) groups excluding carboxylic acids is 1.